The molecule has 1 aromatic carbocycles. The van der Waals surface area contributed by atoms with Crippen molar-refractivity contribution >= 4 is 7.32 Å². The Balaban J connectivity index is 2.67. The number of rotatable bonds is 4. The topological polar surface area (TPSA) is 75.7 Å². The second-order valence-electron chi connectivity index (χ2n) is 2.60. The third kappa shape index (κ3) is 3.16. The first-order chi connectivity index (χ1) is 6.24. The summed E-state index contributed by atoms with van der Waals surface area (Å²) in [6.07, 6.45) is -0.471. The molecule has 13 heavy (non-hydrogen) atoms. The van der Waals surface area contributed by atoms with Gasteiger partial charge in [-0.25, -0.2) is 0 Å². The van der Waals surface area contributed by atoms with Crippen LogP contribution in [0.4, 0.5) is 0 Å². The van der Waals surface area contributed by atoms with E-state index in [2.05, 4.69) is 0 Å². The van der Waals surface area contributed by atoms with Crippen LogP contribution in [0.15, 0.2) is 30.3 Å². The first-order valence-electron chi connectivity index (χ1n) is 4.00. The highest BCUT2D eigenvalue weighted by Gasteiger charge is 2.17. The standard InChI is InChI=1S/C8H12BNO3/c10-6-8(13-9(11)12)7-4-2-1-3-5-7/h1-5,8,11-12H,6,10H2. The van der Waals surface area contributed by atoms with Gasteiger partial charge in [-0.15, -0.1) is 0 Å². The van der Waals surface area contributed by atoms with Gasteiger partial charge < -0.3 is 20.4 Å². The Labute approximate surface area is 77.1 Å². The van der Waals surface area contributed by atoms with Crippen LogP contribution in [0, 0.1) is 0 Å². The fraction of sp³-hybridized carbons (Fsp3) is 0.250. The lowest BCUT2D eigenvalue weighted by Crippen LogP contribution is -2.25. The average Bonchev–Trinajstić information content (AvgIpc) is 2.15. The van der Waals surface area contributed by atoms with Crippen molar-refractivity contribution in [2.75, 3.05) is 6.54 Å². The fourth-order valence-electron chi connectivity index (χ4n) is 1.08. The molecule has 4 N–H and O–H groups in total. The molecule has 1 atom stereocenters. The molecule has 0 spiro atoms. The molecule has 0 bridgehead atoms. The van der Waals surface area contributed by atoms with Gasteiger partial charge in [-0.2, -0.15) is 0 Å². The minimum Gasteiger partial charge on any atom is -0.402 e. The minimum atomic E-state index is -1.78. The molecule has 0 amide bonds. The summed E-state index contributed by atoms with van der Waals surface area (Å²) < 4.78 is 4.77. The van der Waals surface area contributed by atoms with Gasteiger partial charge in [0.1, 0.15) is 0 Å². The molecule has 0 fully saturated rings. The predicted molar refractivity (Wildman–Crippen MR) is 49.5 cm³/mol. The lowest BCUT2D eigenvalue weighted by molar-refractivity contribution is 0.124. The molecule has 0 heterocycles. The molecule has 1 rings (SSSR count). The van der Waals surface area contributed by atoms with Crippen LogP contribution in [0.1, 0.15) is 11.7 Å². The molecule has 1 unspecified atom stereocenters. The van der Waals surface area contributed by atoms with E-state index in [0.717, 1.165) is 5.56 Å². The van der Waals surface area contributed by atoms with E-state index in [-0.39, 0.29) is 6.54 Å². The van der Waals surface area contributed by atoms with E-state index < -0.39 is 13.4 Å². The highest BCUT2D eigenvalue weighted by Crippen LogP contribution is 2.15. The molecular weight excluding hydrogens is 169 g/mol. The van der Waals surface area contributed by atoms with E-state index in [4.69, 9.17) is 20.4 Å². The summed E-state index contributed by atoms with van der Waals surface area (Å²) in [6.45, 7) is 0.210. The number of benzene rings is 1. The Morgan fingerprint density at radius 3 is 2.38 bits per heavy atom. The summed E-state index contributed by atoms with van der Waals surface area (Å²) in [6, 6.07) is 9.18. The van der Waals surface area contributed by atoms with E-state index in [1.807, 2.05) is 30.3 Å². The van der Waals surface area contributed by atoms with Crippen LogP contribution in [-0.2, 0) is 4.65 Å². The molecule has 0 saturated heterocycles. The summed E-state index contributed by atoms with van der Waals surface area (Å²) in [5, 5.41) is 17.2. The molecule has 70 valence electrons. The lowest BCUT2D eigenvalue weighted by Gasteiger charge is -2.15. The van der Waals surface area contributed by atoms with Gasteiger partial charge in [0.25, 0.3) is 0 Å². The van der Waals surface area contributed by atoms with E-state index in [9.17, 15) is 0 Å². The molecule has 0 aliphatic carbocycles. The molecule has 0 saturated carbocycles. The van der Waals surface area contributed by atoms with E-state index >= 15 is 0 Å². The number of hydrogen-bond donors (Lipinski definition) is 3. The Kier molecular flexibility index (Phi) is 3.91. The fourth-order valence-corrected chi connectivity index (χ4v) is 1.08. The van der Waals surface area contributed by atoms with Crippen molar-refractivity contribution in [1.82, 2.24) is 0 Å². The molecular formula is C8H12BNO3. The average molecular weight is 181 g/mol. The molecule has 5 heteroatoms. The maximum atomic E-state index is 8.59. The van der Waals surface area contributed by atoms with Crippen molar-refractivity contribution < 1.29 is 14.7 Å². The predicted octanol–water partition coefficient (Wildman–Crippen LogP) is -0.328. The number of nitrogens with two attached hydrogens (primary N) is 1. The number of hydrogen-bond acceptors (Lipinski definition) is 4. The normalized spacial score (nSPS) is 12.5. The SMILES string of the molecule is NCC(OB(O)O)c1ccccc1. The van der Waals surface area contributed by atoms with Gasteiger partial charge >= 0.3 is 7.32 Å². The second kappa shape index (κ2) is 4.99. The van der Waals surface area contributed by atoms with Gasteiger partial charge in [0.15, 0.2) is 0 Å². The Hall–Kier alpha value is -0.875. The van der Waals surface area contributed by atoms with Crippen LogP contribution in [-0.4, -0.2) is 23.9 Å². The zero-order chi connectivity index (χ0) is 9.68. The van der Waals surface area contributed by atoms with Gasteiger partial charge in [-0.05, 0) is 5.56 Å². The van der Waals surface area contributed by atoms with E-state index in [1.54, 1.807) is 0 Å². The first kappa shape index (κ1) is 10.2. The Morgan fingerprint density at radius 2 is 1.92 bits per heavy atom. The first-order valence-corrected chi connectivity index (χ1v) is 4.00. The maximum Gasteiger partial charge on any atom is 0.634 e. The van der Waals surface area contributed by atoms with Crippen molar-refractivity contribution in [3.8, 4) is 0 Å². The van der Waals surface area contributed by atoms with Crippen LogP contribution in [0.2, 0.25) is 0 Å². The highest BCUT2D eigenvalue weighted by molar-refractivity contribution is 6.32. The zero-order valence-corrected chi connectivity index (χ0v) is 7.13. The molecule has 4 nitrogen and oxygen atoms in total. The van der Waals surface area contributed by atoms with Crippen molar-refractivity contribution in [3.05, 3.63) is 35.9 Å². The zero-order valence-electron chi connectivity index (χ0n) is 7.13. The monoisotopic (exact) mass is 181 g/mol. The summed E-state index contributed by atoms with van der Waals surface area (Å²) in [7, 11) is -1.78. The molecule has 1 aromatic rings. The van der Waals surface area contributed by atoms with Crippen molar-refractivity contribution in [2.24, 2.45) is 5.73 Å². The van der Waals surface area contributed by atoms with Crippen molar-refractivity contribution in [1.29, 1.82) is 0 Å². The highest BCUT2D eigenvalue weighted by atomic mass is 16.6. The second-order valence-corrected chi connectivity index (χ2v) is 2.60. The maximum absolute atomic E-state index is 8.59. The summed E-state index contributed by atoms with van der Waals surface area (Å²) >= 11 is 0. The molecule has 0 radical (unpaired) electrons. The van der Waals surface area contributed by atoms with Gasteiger partial charge in [0.05, 0.1) is 6.10 Å². The van der Waals surface area contributed by atoms with Crippen molar-refractivity contribution in [2.45, 2.75) is 6.10 Å². The minimum absolute atomic E-state index is 0.210. The van der Waals surface area contributed by atoms with Gasteiger partial charge in [0.2, 0.25) is 0 Å². The molecule has 0 aliphatic rings. The summed E-state index contributed by atoms with van der Waals surface area (Å²) in [4.78, 5) is 0. The summed E-state index contributed by atoms with van der Waals surface area (Å²) in [5.74, 6) is 0. The van der Waals surface area contributed by atoms with Gasteiger partial charge in [-0.1, -0.05) is 30.3 Å². The Morgan fingerprint density at radius 1 is 1.31 bits per heavy atom. The van der Waals surface area contributed by atoms with Crippen LogP contribution >= 0.6 is 0 Å². The quantitative estimate of drug-likeness (QED) is 0.556. The molecule has 0 aliphatic heterocycles. The smallest absolute Gasteiger partial charge is 0.402 e. The Bertz CT molecular complexity index is 242. The van der Waals surface area contributed by atoms with E-state index in [1.165, 1.54) is 0 Å². The van der Waals surface area contributed by atoms with Crippen LogP contribution in [0.3, 0.4) is 0 Å². The van der Waals surface area contributed by atoms with Crippen LogP contribution in [0.25, 0.3) is 0 Å². The third-order valence-corrected chi connectivity index (χ3v) is 1.67. The van der Waals surface area contributed by atoms with Crippen LogP contribution in [0.5, 0.6) is 0 Å². The van der Waals surface area contributed by atoms with E-state index in [0.29, 0.717) is 0 Å². The van der Waals surface area contributed by atoms with Gasteiger partial charge in [-0.3, -0.25) is 0 Å². The summed E-state index contributed by atoms with van der Waals surface area (Å²) in [5.41, 5.74) is 6.24. The lowest BCUT2D eigenvalue weighted by atomic mass is 10.1. The third-order valence-electron chi connectivity index (χ3n) is 1.67. The van der Waals surface area contributed by atoms with Crippen LogP contribution < -0.4 is 5.73 Å². The van der Waals surface area contributed by atoms with Gasteiger partial charge in [0, 0.05) is 6.54 Å². The van der Waals surface area contributed by atoms with Crippen molar-refractivity contribution in [3.63, 3.8) is 0 Å². The molecule has 0 aromatic heterocycles. The largest absolute Gasteiger partial charge is 0.634 e.